The van der Waals surface area contributed by atoms with Gasteiger partial charge in [0.2, 0.25) is 0 Å². The summed E-state index contributed by atoms with van der Waals surface area (Å²) in [7, 11) is 0. The predicted octanol–water partition coefficient (Wildman–Crippen LogP) is 1.77. The van der Waals surface area contributed by atoms with Crippen LogP contribution in [0.2, 0.25) is 0 Å². The molecule has 54 valence electrons. The normalized spacial score (nSPS) is 45.0. The number of alkyl halides is 1. The van der Waals surface area contributed by atoms with Crippen molar-refractivity contribution in [3.8, 4) is 0 Å². The van der Waals surface area contributed by atoms with Crippen LogP contribution in [0.4, 0.5) is 0 Å². The number of halogens is 1. The van der Waals surface area contributed by atoms with Gasteiger partial charge in [-0.15, -0.1) is 11.6 Å². The second kappa shape index (κ2) is 2.89. The molecule has 1 nitrogen and oxygen atoms in total. The summed E-state index contributed by atoms with van der Waals surface area (Å²) < 4.78 is 0. The van der Waals surface area contributed by atoms with Crippen molar-refractivity contribution < 1.29 is 5.11 Å². The van der Waals surface area contributed by atoms with E-state index in [-0.39, 0.29) is 11.5 Å². The number of rotatable bonds is 0. The zero-order valence-corrected chi connectivity index (χ0v) is 6.43. The van der Waals surface area contributed by atoms with Gasteiger partial charge in [-0.25, -0.2) is 0 Å². The molecule has 0 spiro atoms. The van der Waals surface area contributed by atoms with Crippen LogP contribution in [-0.2, 0) is 0 Å². The minimum atomic E-state index is -0.254. The molecule has 1 saturated carbocycles. The summed E-state index contributed by atoms with van der Waals surface area (Å²) in [6.45, 7) is 2.10. The third kappa shape index (κ3) is 1.59. The first kappa shape index (κ1) is 7.36. The van der Waals surface area contributed by atoms with Crippen molar-refractivity contribution in [3.63, 3.8) is 0 Å². The second-order valence-electron chi connectivity index (χ2n) is 2.92. The molecule has 0 aromatic heterocycles. The van der Waals surface area contributed by atoms with E-state index in [1.807, 2.05) is 0 Å². The molecule has 0 heterocycles. The Hall–Kier alpha value is 0.250. The Morgan fingerprint density at radius 2 is 2.11 bits per heavy atom. The van der Waals surface area contributed by atoms with Crippen LogP contribution >= 0.6 is 11.6 Å². The van der Waals surface area contributed by atoms with E-state index in [2.05, 4.69) is 6.92 Å². The smallest absolute Gasteiger partial charge is 0.0706 e. The predicted molar refractivity (Wildman–Crippen MR) is 38.7 cm³/mol. The Morgan fingerprint density at radius 1 is 1.44 bits per heavy atom. The highest BCUT2D eigenvalue weighted by Gasteiger charge is 2.26. The monoisotopic (exact) mass is 148 g/mol. The van der Waals surface area contributed by atoms with E-state index < -0.39 is 0 Å². The van der Waals surface area contributed by atoms with E-state index >= 15 is 0 Å². The summed E-state index contributed by atoms with van der Waals surface area (Å²) in [6.07, 6.45) is 2.94. The fraction of sp³-hybridized carbons (Fsp3) is 1.00. The molecule has 2 heteroatoms. The van der Waals surface area contributed by atoms with Gasteiger partial charge in [-0.05, 0) is 18.8 Å². The maximum absolute atomic E-state index is 9.22. The number of aliphatic hydroxyl groups is 1. The first-order valence-corrected chi connectivity index (χ1v) is 3.97. The average molecular weight is 149 g/mol. The van der Waals surface area contributed by atoms with E-state index in [9.17, 15) is 5.11 Å². The van der Waals surface area contributed by atoms with Crippen LogP contribution in [0.25, 0.3) is 0 Å². The molecule has 0 aromatic rings. The summed E-state index contributed by atoms with van der Waals surface area (Å²) in [5, 5.41) is 9.22. The van der Waals surface area contributed by atoms with Gasteiger partial charge in [0.1, 0.15) is 0 Å². The van der Waals surface area contributed by atoms with Gasteiger partial charge in [-0.2, -0.15) is 0 Å². The average Bonchev–Trinajstić information content (AvgIpc) is 1.83. The van der Waals surface area contributed by atoms with E-state index in [4.69, 9.17) is 11.6 Å². The molecule has 0 unspecified atom stereocenters. The lowest BCUT2D eigenvalue weighted by atomic mass is 9.88. The number of hydrogen-bond acceptors (Lipinski definition) is 1. The van der Waals surface area contributed by atoms with Crippen molar-refractivity contribution in [1.29, 1.82) is 0 Å². The van der Waals surface area contributed by atoms with Gasteiger partial charge in [0.25, 0.3) is 0 Å². The Kier molecular flexibility index (Phi) is 2.36. The molecule has 1 N–H and O–H groups in total. The van der Waals surface area contributed by atoms with Gasteiger partial charge in [0.05, 0.1) is 11.5 Å². The molecule has 0 amide bonds. The van der Waals surface area contributed by atoms with Crippen LogP contribution in [0.1, 0.15) is 26.2 Å². The number of aliphatic hydroxyl groups excluding tert-OH is 1. The van der Waals surface area contributed by atoms with Crippen LogP contribution in [-0.4, -0.2) is 16.6 Å². The van der Waals surface area contributed by atoms with Crippen LogP contribution in [0.3, 0.4) is 0 Å². The van der Waals surface area contributed by atoms with Crippen molar-refractivity contribution in [3.05, 3.63) is 0 Å². The van der Waals surface area contributed by atoms with E-state index in [1.54, 1.807) is 0 Å². The third-order valence-electron chi connectivity index (χ3n) is 2.07. The van der Waals surface area contributed by atoms with Crippen molar-refractivity contribution in [2.45, 2.75) is 37.7 Å². The van der Waals surface area contributed by atoms with Gasteiger partial charge in [-0.3, -0.25) is 0 Å². The van der Waals surface area contributed by atoms with E-state index in [1.165, 1.54) is 6.42 Å². The highest BCUT2D eigenvalue weighted by Crippen LogP contribution is 2.28. The molecule has 3 atom stereocenters. The molecule has 0 radical (unpaired) electrons. The standard InChI is InChI=1S/C7H13ClO/c1-5-3-2-4-6(9)7(5)8/h5-7,9H,2-4H2,1H3/t5-,6+,7+/m0/s1. The molecule has 0 aliphatic heterocycles. The highest BCUT2D eigenvalue weighted by molar-refractivity contribution is 6.21. The summed E-state index contributed by atoms with van der Waals surface area (Å²) in [6, 6.07) is 0. The Labute approximate surface area is 61.0 Å². The first-order valence-electron chi connectivity index (χ1n) is 3.54. The molecule has 9 heavy (non-hydrogen) atoms. The summed E-state index contributed by atoms with van der Waals surface area (Å²) in [5.41, 5.74) is 0. The van der Waals surface area contributed by atoms with Crippen LogP contribution in [0.15, 0.2) is 0 Å². The summed E-state index contributed by atoms with van der Waals surface area (Å²) in [4.78, 5) is 0. The molecule has 0 bridgehead atoms. The molecule has 1 aliphatic rings. The molecular formula is C7H13ClO. The van der Waals surface area contributed by atoms with Crippen LogP contribution in [0, 0.1) is 5.92 Å². The summed E-state index contributed by atoms with van der Waals surface area (Å²) in [5.74, 6) is 0.496. The fourth-order valence-corrected chi connectivity index (χ4v) is 1.60. The minimum absolute atomic E-state index is 0.00116. The fourth-order valence-electron chi connectivity index (χ4n) is 1.35. The lowest BCUT2D eigenvalue weighted by Crippen LogP contribution is -2.31. The lowest BCUT2D eigenvalue weighted by Gasteiger charge is -2.28. The maximum atomic E-state index is 9.22. The molecule has 1 aliphatic carbocycles. The van der Waals surface area contributed by atoms with Crippen LogP contribution < -0.4 is 0 Å². The van der Waals surface area contributed by atoms with Crippen molar-refractivity contribution in [2.75, 3.05) is 0 Å². The largest absolute Gasteiger partial charge is 0.392 e. The quantitative estimate of drug-likeness (QED) is 0.520. The van der Waals surface area contributed by atoms with Gasteiger partial charge in [0.15, 0.2) is 0 Å². The Bertz CT molecular complexity index is 84.9. The van der Waals surface area contributed by atoms with E-state index in [0.717, 1.165) is 12.8 Å². The molecule has 0 aromatic carbocycles. The topological polar surface area (TPSA) is 20.2 Å². The SMILES string of the molecule is C[C@H]1CCC[C@@H](O)[C@@H]1Cl. The van der Waals surface area contributed by atoms with Gasteiger partial charge in [0, 0.05) is 0 Å². The zero-order valence-electron chi connectivity index (χ0n) is 5.68. The highest BCUT2D eigenvalue weighted by atomic mass is 35.5. The van der Waals surface area contributed by atoms with Crippen molar-refractivity contribution in [1.82, 2.24) is 0 Å². The maximum Gasteiger partial charge on any atom is 0.0706 e. The zero-order chi connectivity index (χ0) is 6.85. The van der Waals surface area contributed by atoms with Gasteiger partial charge < -0.3 is 5.11 Å². The van der Waals surface area contributed by atoms with Crippen LogP contribution in [0.5, 0.6) is 0 Å². The molecule has 1 fully saturated rings. The Morgan fingerprint density at radius 3 is 2.56 bits per heavy atom. The minimum Gasteiger partial charge on any atom is -0.392 e. The first-order chi connectivity index (χ1) is 4.22. The van der Waals surface area contributed by atoms with Crippen molar-refractivity contribution in [2.24, 2.45) is 5.92 Å². The summed E-state index contributed by atoms with van der Waals surface area (Å²) >= 11 is 5.87. The lowest BCUT2D eigenvalue weighted by molar-refractivity contribution is 0.111. The molecule has 0 saturated heterocycles. The van der Waals surface area contributed by atoms with Gasteiger partial charge >= 0.3 is 0 Å². The Balaban J connectivity index is 2.41. The van der Waals surface area contributed by atoms with Crippen molar-refractivity contribution >= 4 is 11.6 Å². The second-order valence-corrected chi connectivity index (χ2v) is 3.42. The van der Waals surface area contributed by atoms with E-state index in [0.29, 0.717) is 5.92 Å². The van der Waals surface area contributed by atoms with Gasteiger partial charge in [-0.1, -0.05) is 13.3 Å². The number of hydrogen-bond donors (Lipinski definition) is 1. The molecular weight excluding hydrogens is 136 g/mol. The third-order valence-corrected chi connectivity index (χ3v) is 2.79. The molecule has 1 rings (SSSR count).